The number of rotatable bonds is 5. The molecule has 0 bridgehead atoms. The summed E-state index contributed by atoms with van der Waals surface area (Å²) in [5, 5.41) is 12.0. The van der Waals surface area contributed by atoms with Gasteiger partial charge in [-0.15, -0.1) is 0 Å². The predicted octanol–water partition coefficient (Wildman–Crippen LogP) is 1.13. The number of nitrogens with two attached hydrogens (primary N) is 1. The molecule has 0 aliphatic rings. The molecule has 1 amide bonds. The van der Waals surface area contributed by atoms with Gasteiger partial charge >= 0.3 is 0 Å². The van der Waals surface area contributed by atoms with Crippen LogP contribution in [0.2, 0.25) is 0 Å². The van der Waals surface area contributed by atoms with Gasteiger partial charge in [0.1, 0.15) is 9.99 Å². The lowest BCUT2D eigenvalue weighted by Gasteiger charge is -2.09. The maximum absolute atomic E-state index is 11.8. The van der Waals surface area contributed by atoms with Crippen LogP contribution in [-0.2, 0) is 9.84 Å². The van der Waals surface area contributed by atoms with Crippen molar-refractivity contribution < 1.29 is 18.3 Å². The average Bonchev–Trinajstić information content (AvgIpc) is 2.34. The van der Waals surface area contributed by atoms with Gasteiger partial charge < -0.3 is 16.2 Å². The number of carbonyl (C=O) groups is 1. The second-order valence-electron chi connectivity index (χ2n) is 3.75. The molecule has 8 heteroatoms. The van der Waals surface area contributed by atoms with Crippen molar-refractivity contribution in [2.75, 3.05) is 6.26 Å². The van der Waals surface area contributed by atoms with Crippen LogP contribution in [0.15, 0.2) is 46.3 Å². The fourth-order valence-electron chi connectivity index (χ4n) is 1.24. The molecule has 0 aliphatic heterocycles. The molecule has 0 aromatic heterocycles. The number of amides is 1. The zero-order chi connectivity index (χ0) is 15.3. The van der Waals surface area contributed by atoms with Crippen molar-refractivity contribution in [1.29, 1.82) is 0 Å². The van der Waals surface area contributed by atoms with Crippen LogP contribution in [0.25, 0.3) is 0 Å². The number of aromatic hydroxyl groups is 1. The maximum Gasteiger partial charge on any atom is 0.259 e. The fraction of sp³-hybridized carbons (Fsp3) is 0.0833. The number of thioether (sulfide) groups is 1. The van der Waals surface area contributed by atoms with Crippen molar-refractivity contribution in [3.05, 3.63) is 51.9 Å². The highest BCUT2D eigenvalue weighted by molar-refractivity contribution is 8.20. The molecule has 0 fully saturated rings. The predicted molar refractivity (Wildman–Crippen MR) is 79.4 cm³/mol. The normalized spacial score (nSPS) is 11.9. The van der Waals surface area contributed by atoms with Gasteiger partial charge in [0.05, 0.1) is 10.6 Å². The Morgan fingerprint density at radius 1 is 1.45 bits per heavy atom. The first-order chi connectivity index (χ1) is 9.25. The largest absolute Gasteiger partial charge is 0.507 e. The van der Waals surface area contributed by atoms with E-state index in [0.717, 1.165) is 24.2 Å². The molecule has 0 heterocycles. The van der Waals surface area contributed by atoms with Crippen LogP contribution in [0.4, 0.5) is 0 Å². The van der Waals surface area contributed by atoms with Gasteiger partial charge in [-0.2, -0.15) is 0 Å². The number of sulfone groups is 1. The van der Waals surface area contributed by atoms with Gasteiger partial charge in [0.15, 0.2) is 9.84 Å². The highest BCUT2D eigenvalue weighted by Crippen LogP contribution is 2.26. The quantitative estimate of drug-likeness (QED) is 0.751. The summed E-state index contributed by atoms with van der Waals surface area (Å²) in [6.45, 7) is 3.54. The monoisotopic (exact) mass is 314 g/mol. The summed E-state index contributed by atoms with van der Waals surface area (Å²) in [5.74, 6) is -0.772. The number of nitrogens with one attached hydrogen (secondary N) is 1. The van der Waals surface area contributed by atoms with Crippen LogP contribution < -0.4 is 11.1 Å². The van der Waals surface area contributed by atoms with Crippen LogP contribution >= 0.6 is 11.8 Å². The minimum Gasteiger partial charge on any atom is -0.507 e. The van der Waals surface area contributed by atoms with Gasteiger partial charge in [-0.3, -0.25) is 4.79 Å². The highest BCUT2D eigenvalue weighted by atomic mass is 32.3. The highest BCUT2D eigenvalue weighted by Gasteiger charge is 2.16. The summed E-state index contributed by atoms with van der Waals surface area (Å²) in [5.41, 5.74) is 5.28. The first-order valence-corrected chi connectivity index (χ1v) is 8.04. The van der Waals surface area contributed by atoms with Gasteiger partial charge in [-0.05, 0) is 12.1 Å². The molecule has 6 nitrogen and oxygen atoms in total. The van der Waals surface area contributed by atoms with E-state index in [9.17, 15) is 18.3 Å². The van der Waals surface area contributed by atoms with E-state index in [0.29, 0.717) is 0 Å². The number of carbonyl (C=O) groups excluding carboxylic acids is 1. The zero-order valence-corrected chi connectivity index (χ0v) is 12.3. The molecular weight excluding hydrogens is 300 g/mol. The Hall–Kier alpha value is -1.93. The summed E-state index contributed by atoms with van der Waals surface area (Å²) in [7, 11) is -3.48. The number of para-hydroxylation sites is 1. The first kappa shape index (κ1) is 16.1. The molecule has 0 aliphatic carbocycles. The van der Waals surface area contributed by atoms with E-state index in [1.54, 1.807) is 12.1 Å². The minimum absolute atomic E-state index is 0.0619. The van der Waals surface area contributed by atoms with Crippen molar-refractivity contribution in [3.8, 4) is 5.75 Å². The Bertz CT molecular complexity index is 666. The Balaban J connectivity index is 2.78. The lowest BCUT2D eigenvalue weighted by atomic mass is 10.2. The zero-order valence-electron chi connectivity index (χ0n) is 10.7. The average molecular weight is 314 g/mol. The van der Waals surface area contributed by atoms with Crippen LogP contribution in [-0.4, -0.2) is 25.7 Å². The third-order valence-electron chi connectivity index (χ3n) is 2.13. The molecule has 4 N–H and O–H groups in total. The summed E-state index contributed by atoms with van der Waals surface area (Å²) in [4.78, 5) is 11.8. The Labute approximate surface area is 121 Å². The topological polar surface area (TPSA) is 109 Å². The molecule has 0 spiro atoms. The molecule has 0 radical (unpaired) electrons. The number of benzene rings is 1. The van der Waals surface area contributed by atoms with Gasteiger partial charge in [0, 0.05) is 12.5 Å². The smallest absolute Gasteiger partial charge is 0.259 e. The Kier molecular flexibility index (Phi) is 5.23. The van der Waals surface area contributed by atoms with Crippen LogP contribution in [0.5, 0.6) is 5.75 Å². The molecule has 0 saturated carbocycles. The fourth-order valence-corrected chi connectivity index (χ4v) is 2.85. The summed E-state index contributed by atoms with van der Waals surface area (Å²) in [6.07, 6.45) is 1.92. The second-order valence-corrected chi connectivity index (χ2v) is 7.13. The number of phenols is 1. The van der Waals surface area contributed by atoms with Crippen LogP contribution in [0.3, 0.4) is 0 Å². The number of hydrogen-bond donors (Lipinski definition) is 3. The van der Waals surface area contributed by atoms with Crippen LogP contribution in [0, 0.1) is 0 Å². The molecule has 1 aromatic rings. The molecule has 108 valence electrons. The molecule has 0 unspecified atom stereocenters. The minimum atomic E-state index is -3.48. The van der Waals surface area contributed by atoms with Crippen molar-refractivity contribution in [3.63, 3.8) is 0 Å². The van der Waals surface area contributed by atoms with Gasteiger partial charge in [0.25, 0.3) is 5.91 Å². The molecular formula is C12H14N2O4S2. The van der Waals surface area contributed by atoms with Crippen molar-refractivity contribution >= 4 is 27.5 Å². The van der Waals surface area contributed by atoms with Gasteiger partial charge in [0.2, 0.25) is 0 Å². The SMILES string of the molecule is C=C(NC(=O)c1ccccc1O)S/C(=C\N)S(C)(=O)=O. The van der Waals surface area contributed by atoms with E-state index in [-0.39, 0.29) is 20.6 Å². The number of phenolic OH excluding ortho intramolecular Hbond substituents is 1. The van der Waals surface area contributed by atoms with E-state index < -0.39 is 15.7 Å². The summed E-state index contributed by atoms with van der Waals surface area (Å²) < 4.78 is 22.6. The lowest BCUT2D eigenvalue weighted by Crippen LogP contribution is -2.21. The van der Waals surface area contributed by atoms with Crippen molar-refractivity contribution in [2.24, 2.45) is 5.73 Å². The third kappa shape index (κ3) is 4.32. The van der Waals surface area contributed by atoms with Gasteiger partial charge in [-0.1, -0.05) is 30.5 Å². The number of hydrogen-bond acceptors (Lipinski definition) is 6. The summed E-state index contributed by atoms with van der Waals surface area (Å²) in [6, 6.07) is 5.96. The van der Waals surface area contributed by atoms with E-state index in [1.807, 2.05) is 0 Å². The first-order valence-electron chi connectivity index (χ1n) is 5.33. The standard InChI is InChI=1S/C12H14N2O4S2/c1-8(19-11(7-13)20(2,17)18)14-12(16)9-5-3-4-6-10(9)15/h3-7,15H,1,13H2,2H3,(H,14,16)/b11-7+. The lowest BCUT2D eigenvalue weighted by molar-refractivity contribution is 0.0966. The molecule has 1 aromatic carbocycles. The van der Waals surface area contributed by atoms with Crippen LogP contribution in [0.1, 0.15) is 10.4 Å². The van der Waals surface area contributed by atoms with Crippen molar-refractivity contribution in [2.45, 2.75) is 0 Å². The Morgan fingerprint density at radius 2 is 2.05 bits per heavy atom. The second kappa shape index (κ2) is 6.49. The van der Waals surface area contributed by atoms with E-state index in [2.05, 4.69) is 11.9 Å². The molecule has 0 saturated heterocycles. The maximum atomic E-state index is 11.8. The molecule has 20 heavy (non-hydrogen) atoms. The third-order valence-corrected chi connectivity index (χ3v) is 4.84. The van der Waals surface area contributed by atoms with Crippen molar-refractivity contribution in [1.82, 2.24) is 5.32 Å². The molecule has 1 rings (SSSR count). The summed E-state index contributed by atoms with van der Waals surface area (Å²) >= 11 is 0.721. The van der Waals surface area contributed by atoms with E-state index in [1.165, 1.54) is 12.1 Å². The van der Waals surface area contributed by atoms with Gasteiger partial charge in [-0.25, -0.2) is 8.42 Å². The molecule has 0 atom stereocenters. The Morgan fingerprint density at radius 3 is 2.55 bits per heavy atom. The van der Waals surface area contributed by atoms with E-state index >= 15 is 0 Å². The van der Waals surface area contributed by atoms with E-state index in [4.69, 9.17) is 5.73 Å².